The molecular weight excluding hydrogens is 574 g/mol. The van der Waals surface area contributed by atoms with Crippen LogP contribution in [0.4, 0.5) is 0 Å². The van der Waals surface area contributed by atoms with Crippen molar-refractivity contribution in [3.05, 3.63) is 30.0 Å². The molecule has 8 unspecified atom stereocenters. The summed E-state index contributed by atoms with van der Waals surface area (Å²) in [5, 5.41) is 8.80. The van der Waals surface area contributed by atoms with Gasteiger partial charge in [0.15, 0.2) is 0 Å². The first-order valence-corrected chi connectivity index (χ1v) is 16.3. The zero-order chi connectivity index (χ0) is 33.4. The zero-order valence-corrected chi connectivity index (χ0v) is 28.4. The third-order valence-corrected chi connectivity index (χ3v) is 9.45. The van der Waals surface area contributed by atoms with Gasteiger partial charge in [0, 0.05) is 24.7 Å². The molecule has 0 aromatic heterocycles. The summed E-state index contributed by atoms with van der Waals surface area (Å²) in [5.74, 6) is -0.573. The minimum Gasteiger partial charge on any atom is -0.496 e. The predicted octanol–water partition coefficient (Wildman–Crippen LogP) is 3.18. The van der Waals surface area contributed by atoms with E-state index in [1.54, 1.807) is 31.4 Å². The number of fused-ring (bicyclic) bond motifs is 3. The predicted molar refractivity (Wildman–Crippen MR) is 174 cm³/mol. The van der Waals surface area contributed by atoms with Gasteiger partial charge in [-0.25, -0.2) is 0 Å². The van der Waals surface area contributed by atoms with Crippen LogP contribution in [0.3, 0.4) is 0 Å². The average Bonchev–Trinajstić information content (AvgIpc) is 3.44. The van der Waals surface area contributed by atoms with Gasteiger partial charge in [0.05, 0.1) is 13.2 Å². The first-order chi connectivity index (χ1) is 21.4. The Labute approximate surface area is 268 Å². The van der Waals surface area contributed by atoms with Crippen molar-refractivity contribution in [1.82, 2.24) is 25.8 Å². The molecule has 3 rings (SSSR count). The molecule has 11 heteroatoms. The molecular formula is C34H53N5O6. The Morgan fingerprint density at radius 1 is 1.07 bits per heavy atom. The number of likely N-dealkylation sites (tertiary alicyclic amines) is 1. The number of rotatable bonds is 11. The van der Waals surface area contributed by atoms with Gasteiger partial charge in [0.25, 0.3) is 0 Å². The molecule has 2 aliphatic rings. The fourth-order valence-corrected chi connectivity index (χ4v) is 6.11. The summed E-state index contributed by atoms with van der Waals surface area (Å²) in [6, 6.07) is 2.20. The van der Waals surface area contributed by atoms with Crippen LogP contribution >= 0.6 is 0 Å². The number of hydrogen-bond donors (Lipinski definition) is 3. The Morgan fingerprint density at radius 3 is 2.36 bits per heavy atom. The topological polar surface area (TPSA) is 129 Å². The number of nitrogens with zero attached hydrogens (tertiary/aromatic N) is 2. The number of amides is 4. The van der Waals surface area contributed by atoms with Gasteiger partial charge in [0.2, 0.25) is 23.6 Å². The zero-order valence-electron chi connectivity index (χ0n) is 28.4. The van der Waals surface area contributed by atoms with Crippen molar-refractivity contribution in [1.29, 1.82) is 0 Å². The van der Waals surface area contributed by atoms with Crippen LogP contribution in [0, 0.1) is 17.8 Å². The summed E-state index contributed by atoms with van der Waals surface area (Å²) < 4.78 is 11.9. The maximum Gasteiger partial charge on any atom is 0.247 e. The molecule has 0 spiro atoms. The van der Waals surface area contributed by atoms with Gasteiger partial charge in [-0.05, 0) is 56.1 Å². The van der Waals surface area contributed by atoms with Gasteiger partial charge in [-0.2, -0.15) is 0 Å². The second-order valence-corrected chi connectivity index (χ2v) is 12.7. The van der Waals surface area contributed by atoms with Gasteiger partial charge < -0.3 is 30.3 Å². The van der Waals surface area contributed by atoms with E-state index in [0.29, 0.717) is 36.3 Å². The molecule has 0 aliphatic carbocycles. The molecule has 2 aliphatic heterocycles. The van der Waals surface area contributed by atoms with E-state index in [-0.39, 0.29) is 42.0 Å². The number of methoxy groups -OCH3 is 1. The lowest BCUT2D eigenvalue weighted by atomic mass is 9.94. The van der Waals surface area contributed by atoms with E-state index in [1.807, 2.05) is 60.5 Å². The van der Waals surface area contributed by atoms with E-state index in [1.165, 1.54) is 11.1 Å². The number of carbonyl (C=O) groups is 4. The summed E-state index contributed by atoms with van der Waals surface area (Å²) >= 11 is 0. The normalized spacial score (nSPS) is 23.5. The fourth-order valence-electron chi connectivity index (χ4n) is 6.11. The second-order valence-electron chi connectivity index (χ2n) is 12.7. The van der Waals surface area contributed by atoms with Gasteiger partial charge >= 0.3 is 0 Å². The Morgan fingerprint density at radius 2 is 1.76 bits per heavy atom. The standard InChI is InChI=1S/C34H53N5O6/c1-10-20(4)27-31(40)35-17-15-23-19-24(13-14-25(23)44-9)45-26-16-18-39(30(26)33(42)36-27)34(43)28(21(5)11-2)37-32(41)29(38(7)8)22(6)12-3/h13-15,17,19-22,26-30H,10-12,16,18H2,1-9H3,(H,35,40)(H,36,42)(H,37,41). The van der Waals surface area contributed by atoms with Crippen molar-refractivity contribution in [2.24, 2.45) is 17.8 Å². The summed E-state index contributed by atoms with van der Waals surface area (Å²) in [4.78, 5) is 58.9. The molecule has 8 atom stereocenters. The van der Waals surface area contributed by atoms with Crippen LogP contribution < -0.4 is 25.4 Å². The quantitative estimate of drug-likeness (QED) is 0.344. The van der Waals surface area contributed by atoms with E-state index in [0.717, 1.165) is 6.42 Å². The molecule has 3 N–H and O–H groups in total. The van der Waals surface area contributed by atoms with Gasteiger partial charge in [-0.3, -0.25) is 24.1 Å². The molecule has 1 aromatic carbocycles. The largest absolute Gasteiger partial charge is 0.496 e. The molecule has 250 valence electrons. The maximum absolute atomic E-state index is 14.4. The number of likely N-dealkylation sites (N-methyl/N-ethyl adjacent to an activating group) is 1. The monoisotopic (exact) mass is 627 g/mol. The van der Waals surface area contributed by atoms with E-state index < -0.39 is 36.2 Å². The first kappa shape index (κ1) is 35.9. The molecule has 2 heterocycles. The van der Waals surface area contributed by atoms with Crippen molar-refractivity contribution >= 4 is 29.7 Å². The Hall–Kier alpha value is -3.60. The van der Waals surface area contributed by atoms with E-state index in [9.17, 15) is 19.2 Å². The molecule has 0 saturated carbocycles. The molecule has 0 radical (unpaired) electrons. The molecule has 2 bridgehead atoms. The third-order valence-electron chi connectivity index (χ3n) is 9.45. The molecule has 1 saturated heterocycles. The van der Waals surface area contributed by atoms with Crippen LogP contribution in [0.5, 0.6) is 11.5 Å². The summed E-state index contributed by atoms with van der Waals surface area (Å²) in [6.45, 7) is 12.1. The molecule has 1 aromatic rings. The van der Waals surface area contributed by atoms with Crippen molar-refractivity contribution in [2.45, 2.75) is 97.5 Å². The number of carbonyl (C=O) groups excluding carboxylic acids is 4. The highest BCUT2D eigenvalue weighted by Gasteiger charge is 2.47. The lowest BCUT2D eigenvalue weighted by molar-refractivity contribution is -0.145. The number of ether oxygens (including phenoxy) is 2. The summed E-state index contributed by atoms with van der Waals surface area (Å²) in [5.41, 5.74) is 0.688. The summed E-state index contributed by atoms with van der Waals surface area (Å²) in [6.07, 6.45) is 5.07. The lowest BCUT2D eigenvalue weighted by Crippen LogP contribution is -2.61. The first-order valence-electron chi connectivity index (χ1n) is 16.3. The SMILES string of the molecule is CCC(C)C1NC(=O)C2C(CCN2C(=O)C(NC(=O)C(C(C)CC)N(C)C)C(C)CC)Oc2ccc(OC)c(c2)C=CNC1=O. The van der Waals surface area contributed by atoms with Crippen molar-refractivity contribution < 1.29 is 28.7 Å². The Bertz CT molecular complexity index is 1240. The van der Waals surface area contributed by atoms with Crippen LogP contribution in [0.1, 0.15) is 72.8 Å². The van der Waals surface area contributed by atoms with Gasteiger partial charge in [-0.1, -0.05) is 60.8 Å². The Balaban J connectivity index is 2.03. The highest BCUT2D eigenvalue weighted by atomic mass is 16.5. The van der Waals surface area contributed by atoms with Crippen molar-refractivity contribution in [3.63, 3.8) is 0 Å². The molecule has 45 heavy (non-hydrogen) atoms. The minimum atomic E-state index is -1.02. The Kier molecular flexibility index (Phi) is 12.8. The number of benzene rings is 1. The number of hydrogen-bond acceptors (Lipinski definition) is 7. The maximum atomic E-state index is 14.4. The fraction of sp³-hybridized carbons (Fsp3) is 0.647. The molecule has 11 nitrogen and oxygen atoms in total. The van der Waals surface area contributed by atoms with Crippen LogP contribution in [0.15, 0.2) is 24.4 Å². The van der Waals surface area contributed by atoms with Gasteiger partial charge in [-0.15, -0.1) is 0 Å². The number of nitrogens with one attached hydrogen (secondary N) is 3. The van der Waals surface area contributed by atoms with Crippen LogP contribution in [0.2, 0.25) is 0 Å². The van der Waals surface area contributed by atoms with Crippen LogP contribution in [-0.2, 0) is 19.2 Å². The lowest BCUT2D eigenvalue weighted by Gasteiger charge is -2.35. The third kappa shape index (κ3) is 8.36. The minimum absolute atomic E-state index is 0.0749. The van der Waals surface area contributed by atoms with Crippen LogP contribution in [-0.4, -0.2) is 91.4 Å². The molecule has 4 amide bonds. The van der Waals surface area contributed by atoms with Crippen molar-refractivity contribution in [3.8, 4) is 11.5 Å². The smallest absolute Gasteiger partial charge is 0.247 e. The second kappa shape index (κ2) is 16.1. The average molecular weight is 628 g/mol. The highest BCUT2D eigenvalue weighted by Crippen LogP contribution is 2.31. The van der Waals surface area contributed by atoms with E-state index in [4.69, 9.17) is 9.47 Å². The van der Waals surface area contributed by atoms with Crippen molar-refractivity contribution in [2.75, 3.05) is 27.7 Å². The highest BCUT2D eigenvalue weighted by molar-refractivity contribution is 5.96. The summed E-state index contributed by atoms with van der Waals surface area (Å²) in [7, 11) is 5.29. The van der Waals surface area contributed by atoms with E-state index in [2.05, 4.69) is 16.0 Å². The molecule has 1 fully saturated rings. The van der Waals surface area contributed by atoms with E-state index >= 15 is 0 Å². The van der Waals surface area contributed by atoms with Crippen LogP contribution in [0.25, 0.3) is 6.08 Å². The van der Waals surface area contributed by atoms with Gasteiger partial charge in [0.1, 0.15) is 35.7 Å².